The molecule has 3 aliphatic rings. The summed E-state index contributed by atoms with van der Waals surface area (Å²) in [7, 11) is 0. The van der Waals surface area contributed by atoms with Crippen LogP contribution in [-0.2, 0) is 28.7 Å². The fourth-order valence-corrected chi connectivity index (χ4v) is 8.04. The molecule has 2 N–H and O–H groups in total. The van der Waals surface area contributed by atoms with Gasteiger partial charge in [-0.25, -0.2) is 0 Å². The largest absolute Gasteiger partial charge is 0.463 e. The number of allylic oxidation sites excluding steroid dienone is 1. The third kappa shape index (κ3) is 7.32. The molecule has 10 nitrogen and oxygen atoms in total. The van der Waals surface area contributed by atoms with E-state index in [1.165, 1.54) is 0 Å². The minimum atomic E-state index is -1.22. The highest BCUT2D eigenvalue weighted by atomic mass is 35.5. The molecule has 0 radical (unpaired) electrons. The third-order valence-corrected chi connectivity index (χ3v) is 10.2. The molecule has 0 aliphatic carbocycles. The summed E-state index contributed by atoms with van der Waals surface area (Å²) in [6, 6.07) is 13.0. The van der Waals surface area contributed by atoms with E-state index in [0.29, 0.717) is 49.2 Å². The predicted octanol–water partition coefficient (Wildman–Crippen LogP) is 5.07. The highest BCUT2D eigenvalue weighted by molar-refractivity contribution is 6.34. The van der Waals surface area contributed by atoms with Crippen LogP contribution < -0.4 is 10.2 Å². The summed E-state index contributed by atoms with van der Waals surface area (Å²) in [6.07, 6.45) is 6.09. The summed E-state index contributed by atoms with van der Waals surface area (Å²) in [6.45, 7) is 9.77. The van der Waals surface area contributed by atoms with Gasteiger partial charge < -0.3 is 29.7 Å². The van der Waals surface area contributed by atoms with Crippen LogP contribution in [0.1, 0.15) is 62.1 Å². The van der Waals surface area contributed by atoms with E-state index in [9.17, 15) is 24.3 Å². The number of carbonyl (C=O) groups is 4. The smallest absolute Gasteiger partial charge is 0.306 e. The third-order valence-electron chi connectivity index (χ3n) is 9.91. The second-order valence-corrected chi connectivity index (χ2v) is 13.4. The lowest BCUT2D eigenvalue weighted by atomic mass is 9.70. The fraction of sp³-hybridized carbons (Fsp3) is 0.474. The molecule has 2 bridgehead atoms. The molecule has 0 aromatic heterocycles. The van der Waals surface area contributed by atoms with E-state index < -0.39 is 41.6 Å². The van der Waals surface area contributed by atoms with Crippen molar-refractivity contribution in [3.63, 3.8) is 0 Å². The van der Waals surface area contributed by atoms with Gasteiger partial charge in [0.1, 0.15) is 18.2 Å². The molecule has 3 aliphatic heterocycles. The number of aliphatic hydroxyl groups excluding tert-OH is 1. The zero-order chi connectivity index (χ0) is 35.1. The van der Waals surface area contributed by atoms with E-state index >= 15 is 0 Å². The molecule has 3 amide bonds. The molecule has 262 valence electrons. The summed E-state index contributed by atoms with van der Waals surface area (Å²) >= 11 is 6.66. The lowest BCUT2D eigenvalue weighted by Gasteiger charge is -2.37. The van der Waals surface area contributed by atoms with Crippen LogP contribution in [0.4, 0.5) is 5.69 Å². The molecule has 3 heterocycles. The first-order valence-electron chi connectivity index (χ1n) is 17.1. The van der Waals surface area contributed by atoms with Gasteiger partial charge in [0.15, 0.2) is 0 Å². The van der Waals surface area contributed by atoms with E-state index in [4.69, 9.17) is 21.1 Å². The number of rotatable bonds is 17. The number of hydrogen-bond acceptors (Lipinski definition) is 7. The molecule has 0 unspecified atom stereocenters. The Morgan fingerprint density at radius 3 is 2.61 bits per heavy atom. The van der Waals surface area contributed by atoms with Crippen LogP contribution in [0.2, 0.25) is 5.02 Å². The molecule has 3 fully saturated rings. The Morgan fingerprint density at radius 2 is 1.92 bits per heavy atom. The van der Waals surface area contributed by atoms with Gasteiger partial charge in [-0.1, -0.05) is 66.2 Å². The molecule has 3 saturated heterocycles. The number of amides is 3. The molecule has 0 saturated carbocycles. The number of nitrogens with zero attached hydrogens (tertiary/aromatic N) is 2. The zero-order valence-electron chi connectivity index (χ0n) is 28.0. The second-order valence-electron chi connectivity index (χ2n) is 13.0. The number of para-hydroxylation sites is 1. The Bertz CT molecular complexity index is 1530. The van der Waals surface area contributed by atoms with Crippen molar-refractivity contribution in [2.45, 2.75) is 75.7 Å². The number of hydrogen-bond donors (Lipinski definition) is 2. The Balaban J connectivity index is 1.47. The average molecular weight is 692 g/mol. The maximum absolute atomic E-state index is 14.8. The Kier molecular flexibility index (Phi) is 12.0. The van der Waals surface area contributed by atoms with Crippen LogP contribution >= 0.6 is 11.6 Å². The molecule has 1 spiro atoms. The zero-order valence-corrected chi connectivity index (χ0v) is 28.8. The lowest BCUT2D eigenvalue weighted by Crippen LogP contribution is -2.56. The summed E-state index contributed by atoms with van der Waals surface area (Å²) in [5.74, 6) is -3.17. The van der Waals surface area contributed by atoms with Crippen molar-refractivity contribution in [1.82, 2.24) is 10.2 Å². The highest BCUT2D eigenvalue weighted by Crippen LogP contribution is 2.59. The van der Waals surface area contributed by atoms with Crippen LogP contribution in [-0.4, -0.2) is 77.7 Å². The summed E-state index contributed by atoms with van der Waals surface area (Å²) < 4.78 is 12.2. The first kappa shape index (κ1) is 36.3. The van der Waals surface area contributed by atoms with Gasteiger partial charge in [0, 0.05) is 26.1 Å². The molecule has 2 aromatic carbocycles. The highest BCUT2D eigenvalue weighted by Gasteiger charge is 2.74. The molecule has 6 atom stereocenters. The number of halogens is 1. The van der Waals surface area contributed by atoms with Gasteiger partial charge in [0.2, 0.25) is 11.8 Å². The molecule has 49 heavy (non-hydrogen) atoms. The van der Waals surface area contributed by atoms with Gasteiger partial charge >= 0.3 is 5.97 Å². The first-order chi connectivity index (χ1) is 23.7. The van der Waals surface area contributed by atoms with Gasteiger partial charge in [0.05, 0.1) is 34.7 Å². The van der Waals surface area contributed by atoms with Crippen molar-refractivity contribution < 1.29 is 33.8 Å². The van der Waals surface area contributed by atoms with Crippen LogP contribution in [0.15, 0.2) is 73.8 Å². The van der Waals surface area contributed by atoms with Crippen LogP contribution in [0.3, 0.4) is 0 Å². The van der Waals surface area contributed by atoms with Crippen molar-refractivity contribution in [3.05, 3.63) is 90.0 Å². The Labute approximate surface area is 293 Å². The van der Waals surface area contributed by atoms with Crippen LogP contribution in [0.25, 0.3) is 0 Å². The number of esters is 1. The van der Waals surface area contributed by atoms with E-state index in [-0.39, 0.29) is 50.4 Å². The lowest BCUT2D eigenvalue weighted by molar-refractivity contribution is -0.146. The minimum Gasteiger partial charge on any atom is -0.463 e. The standard InChI is InChI=1S/C38H46ClN3O7/c1-4-6-18-30(44)48-24-28(26-15-9-7-10-16-26)40-35(45)31-29-19-20-38(49-29)32(31)36(46)42(22-11-8-12-23-43)34(38)37(47)41(21-5-2)33-25(3)14-13-17-27(33)39/h4-5,7,9-10,13-17,28-29,31-32,34,43H,1-2,6,8,11-12,18-24H2,3H3,(H,40,45)/t28-,29-,31+,32+,34-,38+/m1/s1. The van der Waals surface area contributed by atoms with Crippen molar-refractivity contribution in [3.8, 4) is 0 Å². The van der Waals surface area contributed by atoms with Gasteiger partial charge in [0.25, 0.3) is 5.91 Å². The van der Waals surface area contributed by atoms with Crippen molar-refractivity contribution in [1.29, 1.82) is 0 Å². The van der Waals surface area contributed by atoms with Gasteiger partial charge in [-0.3, -0.25) is 19.2 Å². The topological polar surface area (TPSA) is 125 Å². The number of anilines is 1. The summed E-state index contributed by atoms with van der Waals surface area (Å²) in [4.78, 5) is 59.1. The maximum atomic E-state index is 14.8. The van der Waals surface area contributed by atoms with E-state index in [2.05, 4.69) is 18.5 Å². The fourth-order valence-electron chi connectivity index (χ4n) is 7.72. The monoisotopic (exact) mass is 691 g/mol. The van der Waals surface area contributed by atoms with Gasteiger partial charge in [-0.2, -0.15) is 0 Å². The number of aliphatic hydroxyl groups is 1. The molecule has 5 rings (SSSR count). The quantitative estimate of drug-likeness (QED) is 0.135. The number of aryl methyl sites for hydroxylation is 1. The minimum absolute atomic E-state index is 0.0287. The predicted molar refractivity (Wildman–Crippen MR) is 187 cm³/mol. The average Bonchev–Trinajstić information content (AvgIpc) is 3.74. The van der Waals surface area contributed by atoms with E-state index in [1.807, 2.05) is 49.4 Å². The molecular weight excluding hydrogens is 646 g/mol. The molecular formula is C38H46ClN3O7. The van der Waals surface area contributed by atoms with E-state index in [0.717, 1.165) is 11.1 Å². The second kappa shape index (κ2) is 16.1. The van der Waals surface area contributed by atoms with E-state index in [1.54, 1.807) is 28.0 Å². The van der Waals surface area contributed by atoms with Crippen molar-refractivity contribution in [2.24, 2.45) is 11.8 Å². The number of carbonyl (C=O) groups excluding carboxylic acids is 4. The maximum Gasteiger partial charge on any atom is 0.306 e. The van der Waals surface area contributed by atoms with Crippen molar-refractivity contribution in [2.75, 3.05) is 31.2 Å². The molecule has 2 aromatic rings. The number of unbranched alkanes of at least 4 members (excludes halogenated alkanes) is 2. The number of ether oxygens (including phenoxy) is 2. The first-order valence-corrected chi connectivity index (χ1v) is 17.4. The number of likely N-dealkylation sites (tertiary alicyclic amines) is 1. The number of fused-ring (bicyclic) bond motifs is 1. The van der Waals surface area contributed by atoms with Crippen LogP contribution in [0.5, 0.6) is 0 Å². The van der Waals surface area contributed by atoms with Gasteiger partial charge in [-0.05, 0) is 62.6 Å². The normalized spacial score (nSPS) is 24.3. The number of benzene rings is 2. The number of nitrogens with one attached hydrogen (secondary N) is 1. The Morgan fingerprint density at radius 1 is 1.14 bits per heavy atom. The van der Waals surface area contributed by atoms with Gasteiger partial charge in [-0.15, -0.1) is 13.2 Å². The SMILES string of the molecule is C=CCCC(=O)OC[C@@H](NC(=O)[C@@H]1[C@H]2C(=O)N(CCCCCO)[C@H](C(=O)N(CC=C)c3c(C)cccc3Cl)[C@]23CC[C@H]1O3)c1ccccc1. The Hall–Kier alpha value is -3.99. The summed E-state index contributed by atoms with van der Waals surface area (Å²) in [5.41, 5.74) is 0.863. The van der Waals surface area contributed by atoms with Crippen LogP contribution in [0, 0.1) is 18.8 Å². The molecule has 11 heteroatoms. The summed E-state index contributed by atoms with van der Waals surface area (Å²) in [5, 5.41) is 12.8. The van der Waals surface area contributed by atoms with Crippen molar-refractivity contribution >= 4 is 41.0 Å².